The van der Waals surface area contributed by atoms with Gasteiger partial charge >= 0.3 is 0 Å². The molecular weight excluding hydrogens is 150 g/mol. The first-order valence-electron chi connectivity index (χ1n) is 3.82. The quantitative estimate of drug-likeness (QED) is 0.519. The van der Waals surface area contributed by atoms with E-state index in [2.05, 4.69) is 12.3 Å². The van der Waals surface area contributed by atoms with Crippen molar-refractivity contribution < 1.29 is 4.74 Å². The van der Waals surface area contributed by atoms with Gasteiger partial charge in [0.2, 0.25) is 0 Å². The van der Waals surface area contributed by atoms with E-state index < -0.39 is 0 Å². The summed E-state index contributed by atoms with van der Waals surface area (Å²) in [5.74, 6) is 0.864. The summed E-state index contributed by atoms with van der Waals surface area (Å²) >= 11 is 0. The Morgan fingerprint density at radius 2 is 1.83 bits per heavy atom. The van der Waals surface area contributed by atoms with Crippen LogP contribution in [0.15, 0.2) is 36.1 Å². The second-order valence-electron chi connectivity index (χ2n) is 2.07. The Hall–Kier alpha value is -1.02. The largest absolute Gasteiger partial charge is 0.497 e. The van der Waals surface area contributed by atoms with Crippen LogP contribution in [0.25, 0.3) is 0 Å². The summed E-state index contributed by atoms with van der Waals surface area (Å²) in [5.41, 5.74) is 5.52. The van der Waals surface area contributed by atoms with E-state index in [1.165, 1.54) is 7.05 Å². The highest BCUT2D eigenvalue weighted by molar-refractivity contribution is 5.20. The molecule has 2 N–H and O–H groups in total. The van der Waals surface area contributed by atoms with Gasteiger partial charge < -0.3 is 10.5 Å². The minimum absolute atomic E-state index is 0.864. The van der Waals surface area contributed by atoms with Crippen molar-refractivity contribution in [2.75, 3.05) is 14.2 Å². The van der Waals surface area contributed by atoms with E-state index >= 15 is 0 Å². The molecule has 0 unspecified atom stereocenters. The fourth-order valence-electron chi connectivity index (χ4n) is 0.507. The van der Waals surface area contributed by atoms with Crippen molar-refractivity contribution in [2.45, 2.75) is 13.8 Å². The van der Waals surface area contributed by atoms with E-state index in [-0.39, 0.29) is 0 Å². The average Bonchev–Trinajstić information content (AvgIpc) is 2.09. The van der Waals surface area contributed by atoms with Gasteiger partial charge in [-0.2, -0.15) is 0 Å². The molecule has 70 valence electrons. The lowest BCUT2D eigenvalue weighted by atomic mass is 10.3. The van der Waals surface area contributed by atoms with E-state index in [0.717, 1.165) is 11.3 Å². The zero-order valence-corrected chi connectivity index (χ0v) is 8.42. The van der Waals surface area contributed by atoms with Crippen molar-refractivity contribution in [1.29, 1.82) is 0 Å². The summed E-state index contributed by atoms with van der Waals surface area (Å²) in [4.78, 5) is 0. The van der Waals surface area contributed by atoms with E-state index in [9.17, 15) is 0 Å². The lowest BCUT2D eigenvalue weighted by Gasteiger charge is -1.96. The first-order valence-corrected chi connectivity index (χ1v) is 3.82. The average molecular weight is 169 g/mol. The van der Waals surface area contributed by atoms with Crippen molar-refractivity contribution in [3.05, 3.63) is 36.1 Å². The van der Waals surface area contributed by atoms with E-state index in [1.807, 2.05) is 32.1 Å². The lowest BCUT2D eigenvalue weighted by molar-refractivity contribution is 0.306. The van der Waals surface area contributed by atoms with Gasteiger partial charge in [-0.15, -0.1) is 0 Å². The molecule has 0 saturated heterocycles. The number of nitrogens with two attached hydrogens (primary N) is 1. The summed E-state index contributed by atoms with van der Waals surface area (Å²) in [6, 6.07) is 0. The van der Waals surface area contributed by atoms with Crippen LogP contribution in [-0.4, -0.2) is 14.2 Å². The van der Waals surface area contributed by atoms with Crippen molar-refractivity contribution in [1.82, 2.24) is 0 Å². The van der Waals surface area contributed by atoms with E-state index in [1.54, 1.807) is 7.11 Å². The molecule has 0 aromatic carbocycles. The van der Waals surface area contributed by atoms with Crippen LogP contribution >= 0.6 is 0 Å². The molecule has 0 spiro atoms. The SMILES string of the molecule is C=C(C)/C=C\C(=C/C)OC.CN. The van der Waals surface area contributed by atoms with Gasteiger partial charge in [-0.25, -0.2) is 0 Å². The summed E-state index contributed by atoms with van der Waals surface area (Å²) in [5, 5.41) is 0. The van der Waals surface area contributed by atoms with Crippen LogP contribution in [0.5, 0.6) is 0 Å². The Labute approximate surface area is 75.4 Å². The van der Waals surface area contributed by atoms with Crippen LogP contribution < -0.4 is 5.73 Å². The maximum Gasteiger partial charge on any atom is 0.114 e. The highest BCUT2D eigenvalue weighted by Crippen LogP contribution is 1.99. The zero-order valence-electron chi connectivity index (χ0n) is 8.42. The molecule has 0 aliphatic rings. The Balaban J connectivity index is 0. The predicted molar refractivity (Wildman–Crippen MR) is 54.8 cm³/mol. The second kappa shape index (κ2) is 9.98. The third-order valence-electron chi connectivity index (χ3n) is 1.05. The van der Waals surface area contributed by atoms with Gasteiger partial charge in [0, 0.05) is 0 Å². The highest BCUT2D eigenvalue weighted by Gasteiger charge is 1.83. The summed E-state index contributed by atoms with van der Waals surface area (Å²) in [6.45, 7) is 7.60. The molecule has 0 fully saturated rings. The van der Waals surface area contributed by atoms with Crippen LogP contribution in [0.4, 0.5) is 0 Å². The van der Waals surface area contributed by atoms with Crippen molar-refractivity contribution >= 4 is 0 Å². The molecule has 0 aromatic rings. The zero-order chi connectivity index (χ0) is 9.98. The Morgan fingerprint density at radius 3 is 2.08 bits per heavy atom. The second-order valence-corrected chi connectivity index (χ2v) is 2.07. The van der Waals surface area contributed by atoms with Crippen LogP contribution in [0, 0.1) is 0 Å². The molecule has 2 heteroatoms. The third kappa shape index (κ3) is 8.98. The third-order valence-corrected chi connectivity index (χ3v) is 1.05. The molecule has 0 saturated carbocycles. The predicted octanol–water partition coefficient (Wildman–Crippen LogP) is 2.24. The fraction of sp³-hybridized carbons (Fsp3) is 0.400. The normalized spacial score (nSPS) is 10.6. The molecule has 0 aliphatic heterocycles. The van der Waals surface area contributed by atoms with Crippen molar-refractivity contribution in [3.63, 3.8) is 0 Å². The van der Waals surface area contributed by atoms with Gasteiger partial charge in [0.15, 0.2) is 0 Å². The number of methoxy groups -OCH3 is 1. The van der Waals surface area contributed by atoms with E-state index in [0.29, 0.717) is 0 Å². The maximum atomic E-state index is 4.98. The summed E-state index contributed by atoms with van der Waals surface area (Å²) < 4.78 is 4.98. The molecule has 2 nitrogen and oxygen atoms in total. The lowest BCUT2D eigenvalue weighted by Crippen LogP contribution is -1.79. The topological polar surface area (TPSA) is 35.2 Å². The molecular formula is C10H19NO. The Morgan fingerprint density at radius 1 is 1.33 bits per heavy atom. The maximum absolute atomic E-state index is 4.98. The fourth-order valence-corrected chi connectivity index (χ4v) is 0.507. The first-order chi connectivity index (χ1) is 5.70. The summed E-state index contributed by atoms with van der Waals surface area (Å²) in [7, 11) is 3.15. The van der Waals surface area contributed by atoms with Crippen LogP contribution in [-0.2, 0) is 4.74 Å². The molecule has 0 aliphatic carbocycles. The molecule has 0 heterocycles. The van der Waals surface area contributed by atoms with Gasteiger partial charge in [0.05, 0.1) is 7.11 Å². The number of hydrogen-bond acceptors (Lipinski definition) is 2. The highest BCUT2D eigenvalue weighted by atomic mass is 16.5. The minimum Gasteiger partial charge on any atom is -0.497 e. The Bertz CT molecular complexity index is 169. The minimum atomic E-state index is 0.864. The smallest absolute Gasteiger partial charge is 0.114 e. The van der Waals surface area contributed by atoms with Gasteiger partial charge in [-0.05, 0) is 33.0 Å². The number of rotatable bonds is 3. The van der Waals surface area contributed by atoms with Gasteiger partial charge in [0.1, 0.15) is 5.76 Å². The molecule has 0 rings (SSSR count). The van der Waals surface area contributed by atoms with Crippen LogP contribution in [0.2, 0.25) is 0 Å². The van der Waals surface area contributed by atoms with Crippen molar-refractivity contribution in [3.8, 4) is 0 Å². The molecule has 0 radical (unpaired) electrons. The van der Waals surface area contributed by atoms with Gasteiger partial charge in [-0.3, -0.25) is 0 Å². The molecule has 0 aromatic heterocycles. The van der Waals surface area contributed by atoms with Crippen LogP contribution in [0.3, 0.4) is 0 Å². The first kappa shape index (κ1) is 13.6. The molecule has 0 amide bonds. The molecule has 0 bridgehead atoms. The molecule has 12 heavy (non-hydrogen) atoms. The number of allylic oxidation sites excluding steroid dienone is 4. The van der Waals surface area contributed by atoms with Crippen molar-refractivity contribution in [2.24, 2.45) is 5.73 Å². The standard InChI is InChI=1S/C9H14O.CH5N/c1-5-9(10-4)7-6-8(2)3;1-2/h5-7H,2H2,1,3-4H3;2H2,1H3/b7-6-,9-5+;. The van der Waals surface area contributed by atoms with Gasteiger partial charge in [0.25, 0.3) is 0 Å². The van der Waals surface area contributed by atoms with E-state index in [4.69, 9.17) is 4.74 Å². The summed E-state index contributed by atoms with van der Waals surface area (Å²) in [6.07, 6.45) is 5.71. The number of ether oxygens (including phenoxy) is 1. The van der Waals surface area contributed by atoms with Crippen LogP contribution in [0.1, 0.15) is 13.8 Å². The van der Waals surface area contributed by atoms with Gasteiger partial charge in [-0.1, -0.05) is 18.2 Å². The monoisotopic (exact) mass is 169 g/mol. The number of hydrogen-bond donors (Lipinski definition) is 1. The molecule has 0 atom stereocenters. The Kier molecular flexibility index (Phi) is 11.3.